The zero-order valence-electron chi connectivity index (χ0n) is 24.8. The summed E-state index contributed by atoms with van der Waals surface area (Å²) in [6, 6.07) is 37.1. The molecule has 5 rings (SSSR count). The van der Waals surface area contributed by atoms with Crippen LogP contribution in [0.2, 0.25) is 0 Å². The highest BCUT2D eigenvalue weighted by Gasteiger charge is 2.36. The zero-order chi connectivity index (χ0) is 31.6. The smallest absolute Gasteiger partial charge is 0.408 e. The SMILES string of the molecule is COc1ccc(C[C@@H](NC(=O)[C@@H](Cc2ccc3ccccc3c2)NC(=O)OCc2ccccc2)P(=O)(O)c2ccccc2)cc1. The molecule has 1 unspecified atom stereocenters. The molecule has 3 N–H and O–H groups in total. The van der Waals surface area contributed by atoms with Crippen molar-refractivity contribution in [2.75, 3.05) is 7.11 Å². The highest BCUT2D eigenvalue weighted by molar-refractivity contribution is 7.66. The van der Waals surface area contributed by atoms with Crippen LogP contribution in [0.3, 0.4) is 0 Å². The lowest BCUT2D eigenvalue weighted by molar-refractivity contribution is -0.123. The Balaban J connectivity index is 1.41. The second kappa shape index (κ2) is 14.7. The van der Waals surface area contributed by atoms with Gasteiger partial charge in [0.2, 0.25) is 5.91 Å². The Labute approximate surface area is 262 Å². The number of alkyl carbamates (subject to hydrolysis) is 1. The molecule has 0 aliphatic rings. The third-order valence-corrected chi connectivity index (χ3v) is 9.72. The molecule has 5 aromatic rings. The van der Waals surface area contributed by atoms with Gasteiger partial charge in [0.25, 0.3) is 7.37 Å². The van der Waals surface area contributed by atoms with Gasteiger partial charge in [-0.2, -0.15) is 0 Å². The molecule has 0 bridgehead atoms. The average molecular weight is 623 g/mol. The van der Waals surface area contributed by atoms with Crippen molar-refractivity contribution >= 4 is 35.4 Å². The summed E-state index contributed by atoms with van der Waals surface area (Å²) in [5.41, 5.74) is 2.33. The number of rotatable bonds is 12. The van der Waals surface area contributed by atoms with Crippen molar-refractivity contribution in [3.05, 3.63) is 144 Å². The first-order valence-electron chi connectivity index (χ1n) is 14.6. The average Bonchev–Trinajstić information content (AvgIpc) is 3.08. The molecule has 8 nitrogen and oxygen atoms in total. The molecule has 0 heterocycles. The van der Waals surface area contributed by atoms with E-state index in [-0.39, 0.29) is 24.8 Å². The van der Waals surface area contributed by atoms with Gasteiger partial charge in [0, 0.05) is 18.1 Å². The minimum atomic E-state index is -4.14. The highest BCUT2D eigenvalue weighted by atomic mass is 31.2. The number of nitrogens with one attached hydrogen (secondary N) is 2. The third kappa shape index (κ3) is 8.38. The minimum absolute atomic E-state index is 0.0247. The monoisotopic (exact) mass is 622 g/mol. The van der Waals surface area contributed by atoms with Gasteiger partial charge in [0.1, 0.15) is 24.2 Å². The molecule has 0 aliphatic carbocycles. The Bertz CT molecular complexity index is 1780. The number of ether oxygens (including phenoxy) is 2. The van der Waals surface area contributed by atoms with Gasteiger partial charge >= 0.3 is 6.09 Å². The maximum atomic E-state index is 14.0. The fourth-order valence-electron chi connectivity index (χ4n) is 5.05. The zero-order valence-corrected chi connectivity index (χ0v) is 25.7. The Kier molecular flexibility index (Phi) is 10.3. The number of benzene rings is 5. The van der Waals surface area contributed by atoms with Crippen molar-refractivity contribution in [2.24, 2.45) is 0 Å². The Morgan fingerprint density at radius 1 is 0.711 bits per heavy atom. The summed E-state index contributed by atoms with van der Waals surface area (Å²) in [6.45, 7) is 0.0247. The lowest BCUT2D eigenvalue weighted by Gasteiger charge is -2.27. The Hall–Kier alpha value is -4.91. The van der Waals surface area contributed by atoms with Gasteiger partial charge in [0.05, 0.1) is 7.11 Å². The summed E-state index contributed by atoms with van der Waals surface area (Å²) in [5.74, 6) is -1.14. The summed E-state index contributed by atoms with van der Waals surface area (Å²) in [4.78, 5) is 38.4. The first-order valence-corrected chi connectivity index (χ1v) is 16.3. The fourth-order valence-corrected chi connectivity index (χ4v) is 6.77. The van der Waals surface area contributed by atoms with Crippen LogP contribution in [-0.2, 0) is 33.5 Å². The number of methoxy groups -OCH3 is 1. The van der Waals surface area contributed by atoms with Crippen LogP contribution < -0.4 is 20.7 Å². The molecular formula is C36H35N2O6P. The molecule has 0 radical (unpaired) electrons. The second-order valence-corrected chi connectivity index (χ2v) is 13.1. The predicted molar refractivity (Wildman–Crippen MR) is 176 cm³/mol. The first kappa shape index (κ1) is 31.5. The maximum absolute atomic E-state index is 14.0. The second-order valence-electron chi connectivity index (χ2n) is 10.7. The summed E-state index contributed by atoms with van der Waals surface area (Å²) in [5, 5.41) is 7.76. The van der Waals surface area contributed by atoms with Gasteiger partial charge in [-0.1, -0.05) is 103 Å². The summed E-state index contributed by atoms with van der Waals surface area (Å²) in [7, 11) is -2.58. The van der Waals surface area contributed by atoms with Crippen LogP contribution in [0.15, 0.2) is 127 Å². The first-order chi connectivity index (χ1) is 21.8. The molecule has 0 saturated heterocycles. The van der Waals surface area contributed by atoms with E-state index < -0.39 is 31.2 Å². The van der Waals surface area contributed by atoms with E-state index in [0.717, 1.165) is 27.5 Å². The molecule has 2 amide bonds. The summed E-state index contributed by atoms with van der Waals surface area (Å²) >= 11 is 0. The molecule has 9 heteroatoms. The van der Waals surface area contributed by atoms with Crippen molar-refractivity contribution in [3.63, 3.8) is 0 Å². The number of amides is 2. The molecular weight excluding hydrogens is 587 g/mol. The van der Waals surface area contributed by atoms with Crippen molar-refractivity contribution < 1.29 is 28.5 Å². The van der Waals surface area contributed by atoms with Crippen LogP contribution in [0.1, 0.15) is 16.7 Å². The maximum Gasteiger partial charge on any atom is 0.408 e. The van der Waals surface area contributed by atoms with Gasteiger partial charge in [0.15, 0.2) is 0 Å². The third-order valence-electron chi connectivity index (χ3n) is 7.52. The van der Waals surface area contributed by atoms with E-state index in [4.69, 9.17) is 9.47 Å². The van der Waals surface area contributed by atoms with Gasteiger partial charge < -0.3 is 25.0 Å². The molecule has 230 valence electrons. The van der Waals surface area contributed by atoms with E-state index in [1.165, 1.54) is 0 Å². The largest absolute Gasteiger partial charge is 0.497 e. The molecule has 3 atom stereocenters. The van der Waals surface area contributed by atoms with Gasteiger partial charge in [-0.15, -0.1) is 0 Å². The van der Waals surface area contributed by atoms with Crippen LogP contribution in [0.25, 0.3) is 10.8 Å². The van der Waals surface area contributed by atoms with E-state index >= 15 is 0 Å². The number of hydrogen-bond acceptors (Lipinski definition) is 5. The Morgan fingerprint density at radius 3 is 2.02 bits per heavy atom. The van der Waals surface area contributed by atoms with Crippen LogP contribution in [0.5, 0.6) is 5.75 Å². The highest BCUT2D eigenvalue weighted by Crippen LogP contribution is 2.45. The van der Waals surface area contributed by atoms with Gasteiger partial charge in [-0.3, -0.25) is 9.36 Å². The van der Waals surface area contributed by atoms with Crippen molar-refractivity contribution in [1.29, 1.82) is 0 Å². The minimum Gasteiger partial charge on any atom is -0.497 e. The normalized spacial score (nSPS) is 13.6. The molecule has 0 aliphatic heterocycles. The van der Waals surface area contributed by atoms with E-state index in [1.807, 2.05) is 72.8 Å². The quantitative estimate of drug-likeness (QED) is 0.148. The molecule has 0 fully saturated rings. The van der Waals surface area contributed by atoms with E-state index in [2.05, 4.69) is 10.6 Å². The number of fused-ring (bicyclic) bond motifs is 1. The van der Waals surface area contributed by atoms with Crippen molar-refractivity contribution in [1.82, 2.24) is 10.6 Å². The van der Waals surface area contributed by atoms with E-state index in [1.54, 1.807) is 61.7 Å². The lowest BCUT2D eigenvalue weighted by atomic mass is 10.0. The van der Waals surface area contributed by atoms with Crippen molar-refractivity contribution in [2.45, 2.75) is 31.3 Å². The Morgan fingerprint density at radius 2 is 1.33 bits per heavy atom. The molecule has 0 spiro atoms. The van der Waals surface area contributed by atoms with Crippen LogP contribution >= 0.6 is 7.37 Å². The number of hydrogen-bond donors (Lipinski definition) is 3. The molecule has 5 aromatic carbocycles. The van der Waals surface area contributed by atoms with Gasteiger partial charge in [-0.05, 0) is 51.7 Å². The van der Waals surface area contributed by atoms with E-state index in [9.17, 15) is 19.0 Å². The standard InChI is InChI=1S/C36H35N2O6P/c1-43-31-20-17-26(18-21-31)24-34(45(41,42)32-14-6-3-7-15-32)38-35(39)33(37-36(40)44-25-27-10-4-2-5-11-27)23-28-16-19-29-12-8-9-13-30(29)22-28/h2-22,33-34H,23-25H2,1H3,(H,37,40)(H,38,39)(H,41,42)/t33-,34+/m1/s1. The lowest BCUT2D eigenvalue weighted by Crippen LogP contribution is -2.51. The number of carbonyl (C=O) groups is 2. The van der Waals surface area contributed by atoms with Crippen LogP contribution in [-0.4, -0.2) is 35.8 Å². The van der Waals surface area contributed by atoms with Crippen LogP contribution in [0, 0.1) is 0 Å². The van der Waals surface area contributed by atoms with Gasteiger partial charge in [-0.25, -0.2) is 4.79 Å². The predicted octanol–water partition coefficient (Wildman–Crippen LogP) is 5.97. The van der Waals surface area contributed by atoms with E-state index in [0.29, 0.717) is 5.75 Å². The fraction of sp³-hybridized carbons (Fsp3) is 0.167. The van der Waals surface area contributed by atoms with Crippen LogP contribution in [0.4, 0.5) is 4.79 Å². The summed E-state index contributed by atoms with van der Waals surface area (Å²) in [6.07, 6.45) is -0.575. The topological polar surface area (TPSA) is 114 Å². The number of carbonyl (C=O) groups excluding carboxylic acids is 2. The molecule has 0 aromatic heterocycles. The molecule has 45 heavy (non-hydrogen) atoms. The molecule has 0 saturated carbocycles. The summed E-state index contributed by atoms with van der Waals surface area (Å²) < 4.78 is 24.7. The van der Waals surface area contributed by atoms with Crippen molar-refractivity contribution in [3.8, 4) is 5.75 Å².